The third-order valence-corrected chi connectivity index (χ3v) is 5.81. The number of hydrogen-bond donors (Lipinski definition) is 1. The molecule has 0 saturated heterocycles. The van der Waals surface area contributed by atoms with Crippen LogP contribution in [0.3, 0.4) is 0 Å². The molecule has 0 aliphatic carbocycles. The Hall–Kier alpha value is -3.93. The highest BCUT2D eigenvalue weighted by molar-refractivity contribution is 6.07. The van der Waals surface area contributed by atoms with Crippen LogP contribution in [0.4, 0.5) is 21.5 Å². The van der Waals surface area contributed by atoms with Gasteiger partial charge >= 0.3 is 0 Å². The van der Waals surface area contributed by atoms with Crippen molar-refractivity contribution in [1.82, 2.24) is 0 Å². The van der Waals surface area contributed by atoms with Gasteiger partial charge in [0.15, 0.2) is 5.78 Å². The van der Waals surface area contributed by atoms with Gasteiger partial charge in [0.25, 0.3) is 0 Å². The molecule has 0 unspecified atom stereocenters. The van der Waals surface area contributed by atoms with E-state index in [1.54, 1.807) is 12.1 Å². The third kappa shape index (κ3) is 3.64. The molecular weight excluding hydrogens is 405 g/mol. The van der Waals surface area contributed by atoms with Gasteiger partial charge < -0.3 is 15.1 Å². The Labute approximate surface area is 185 Å². The minimum atomic E-state index is -0.505. The lowest BCUT2D eigenvalue weighted by Crippen LogP contribution is -2.37. The second kappa shape index (κ2) is 8.30. The number of benzene rings is 3. The average Bonchev–Trinajstić information content (AvgIpc) is 3.12. The zero-order valence-corrected chi connectivity index (χ0v) is 17.4. The van der Waals surface area contributed by atoms with Gasteiger partial charge in [0.1, 0.15) is 11.6 Å². The van der Waals surface area contributed by atoms with Crippen molar-refractivity contribution in [2.45, 2.75) is 19.4 Å². The number of nitrogens with one attached hydrogen (secondary N) is 1. The third-order valence-electron chi connectivity index (χ3n) is 5.81. The number of carbonyl (C=O) groups excluding carboxylic acids is 2. The van der Waals surface area contributed by atoms with Crippen LogP contribution in [0, 0.1) is 5.82 Å². The summed E-state index contributed by atoms with van der Waals surface area (Å²) in [5.74, 6) is -0.224. The average molecular weight is 427 g/mol. The Morgan fingerprint density at radius 3 is 2.38 bits per heavy atom. The maximum absolute atomic E-state index is 14.0. The number of ketones is 1. The SMILES string of the molecule is O=C(CC1=C2N(CCC1=O)c1ccccc1N2Cc1ccccc1)Nc1ccccc1F. The molecule has 2 aliphatic heterocycles. The Morgan fingerprint density at radius 1 is 0.906 bits per heavy atom. The van der Waals surface area contributed by atoms with Crippen LogP contribution in [0.1, 0.15) is 18.4 Å². The number of nitrogens with zero attached hydrogens (tertiary/aromatic N) is 2. The first-order valence-corrected chi connectivity index (χ1v) is 10.6. The summed E-state index contributed by atoms with van der Waals surface area (Å²) < 4.78 is 14.0. The van der Waals surface area contributed by atoms with Crippen LogP contribution in [0.25, 0.3) is 0 Å². The molecule has 5 nitrogen and oxygen atoms in total. The summed E-state index contributed by atoms with van der Waals surface area (Å²) >= 11 is 0. The maximum atomic E-state index is 14.0. The summed E-state index contributed by atoms with van der Waals surface area (Å²) in [6, 6.07) is 24.1. The van der Waals surface area contributed by atoms with E-state index in [1.165, 1.54) is 12.1 Å². The Bertz CT molecular complexity index is 1220. The highest BCUT2D eigenvalue weighted by atomic mass is 19.1. The molecule has 1 amide bonds. The van der Waals surface area contributed by atoms with Crippen molar-refractivity contribution in [2.24, 2.45) is 0 Å². The van der Waals surface area contributed by atoms with E-state index in [9.17, 15) is 14.0 Å². The summed E-state index contributed by atoms with van der Waals surface area (Å²) in [5.41, 5.74) is 3.70. The molecule has 3 aromatic carbocycles. The number of fused-ring (bicyclic) bond motifs is 3. The van der Waals surface area contributed by atoms with Gasteiger partial charge in [-0.05, 0) is 29.8 Å². The van der Waals surface area contributed by atoms with Crippen molar-refractivity contribution in [3.63, 3.8) is 0 Å². The van der Waals surface area contributed by atoms with Crippen molar-refractivity contribution >= 4 is 28.8 Å². The molecule has 2 aliphatic rings. The predicted octanol–water partition coefficient (Wildman–Crippen LogP) is 4.87. The topological polar surface area (TPSA) is 52.7 Å². The second-order valence-corrected chi connectivity index (χ2v) is 7.89. The van der Waals surface area contributed by atoms with Crippen molar-refractivity contribution in [3.05, 3.63) is 102 Å². The van der Waals surface area contributed by atoms with Crippen molar-refractivity contribution in [1.29, 1.82) is 0 Å². The van der Waals surface area contributed by atoms with Gasteiger partial charge in [-0.2, -0.15) is 0 Å². The first kappa shape index (κ1) is 20.0. The molecule has 0 spiro atoms. The van der Waals surface area contributed by atoms with Crippen LogP contribution in [-0.2, 0) is 16.1 Å². The molecule has 0 atom stereocenters. The number of rotatable bonds is 5. The number of Topliss-reactive ketones (excluding diaryl/α,β-unsaturated/α-hetero) is 1. The summed E-state index contributed by atoms with van der Waals surface area (Å²) in [7, 11) is 0. The van der Waals surface area contributed by atoms with Gasteiger partial charge in [0.2, 0.25) is 5.91 Å². The lowest BCUT2D eigenvalue weighted by Gasteiger charge is -2.31. The second-order valence-electron chi connectivity index (χ2n) is 7.89. The van der Waals surface area contributed by atoms with Gasteiger partial charge in [0, 0.05) is 25.1 Å². The zero-order chi connectivity index (χ0) is 22.1. The summed E-state index contributed by atoms with van der Waals surface area (Å²) in [6.07, 6.45) is 0.220. The van der Waals surface area contributed by atoms with Gasteiger partial charge in [-0.1, -0.05) is 54.6 Å². The van der Waals surface area contributed by atoms with E-state index in [2.05, 4.69) is 15.1 Å². The first-order chi connectivity index (χ1) is 15.6. The van der Waals surface area contributed by atoms with E-state index < -0.39 is 11.7 Å². The number of para-hydroxylation sites is 3. The highest BCUT2D eigenvalue weighted by Crippen LogP contribution is 2.45. The molecule has 32 heavy (non-hydrogen) atoms. The largest absolute Gasteiger partial charge is 0.325 e. The van der Waals surface area contributed by atoms with E-state index in [0.29, 0.717) is 25.1 Å². The number of anilines is 3. The number of halogens is 1. The molecule has 0 saturated carbocycles. The van der Waals surface area contributed by atoms with Crippen LogP contribution >= 0.6 is 0 Å². The molecule has 5 rings (SSSR count). The minimum Gasteiger partial charge on any atom is -0.325 e. The maximum Gasteiger partial charge on any atom is 0.229 e. The molecule has 2 heterocycles. The first-order valence-electron chi connectivity index (χ1n) is 10.6. The summed E-state index contributed by atoms with van der Waals surface area (Å²) in [6.45, 7) is 1.14. The number of hydrogen-bond acceptors (Lipinski definition) is 4. The quantitative estimate of drug-likeness (QED) is 0.632. The van der Waals surface area contributed by atoms with Crippen LogP contribution in [0.15, 0.2) is 90.3 Å². The molecule has 1 N–H and O–H groups in total. The van der Waals surface area contributed by atoms with Crippen molar-refractivity contribution in [3.8, 4) is 0 Å². The van der Waals surface area contributed by atoms with E-state index in [-0.39, 0.29) is 17.9 Å². The van der Waals surface area contributed by atoms with Gasteiger partial charge in [-0.15, -0.1) is 0 Å². The Morgan fingerprint density at radius 2 is 1.59 bits per heavy atom. The summed E-state index contributed by atoms with van der Waals surface area (Å²) in [4.78, 5) is 30.0. The fraction of sp³-hybridized carbons (Fsp3) is 0.154. The van der Waals surface area contributed by atoms with Crippen LogP contribution < -0.4 is 15.1 Å². The molecule has 3 aromatic rings. The van der Waals surface area contributed by atoms with E-state index in [1.807, 2.05) is 54.6 Å². The van der Waals surface area contributed by atoms with E-state index >= 15 is 0 Å². The smallest absolute Gasteiger partial charge is 0.229 e. The monoisotopic (exact) mass is 427 g/mol. The van der Waals surface area contributed by atoms with E-state index in [4.69, 9.17) is 0 Å². The molecule has 0 radical (unpaired) electrons. The standard InChI is InChI=1S/C26H22FN3O2/c27-20-10-4-5-11-21(20)28-25(32)16-19-24(31)14-15-29-22-12-6-7-13-23(22)30(26(19)29)17-18-8-2-1-3-9-18/h1-13H,14-17H2,(H,28,32). The van der Waals surface area contributed by atoms with Gasteiger partial charge in [0.05, 0.1) is 23.5 Å². The number of carbonyl (C=O) groups is 2. The summed E-state index contributed by atoms with van der Waals surface area (Å²) in [5, 5.41) is 2.61. The molecular formula is C26H22FN3O2. The molecule has 0 bridgehead atoms. The predicted molar refractivity (Wildman–Crippen MR) is 123 cm³/mol. The number of amides is 1. The fourth-order valence-electron chi connectivity index (χ4n) is 4.36. The lowest BCUT2D eigenvalue weighted by molar-refractivity contribution is -0.119. The van der Waals surface area contributed by atoms with Crippen LogP contribution in [0.2, 0.25) is 0 Å². The van der Waals surface area contributed by atoms with Crippen molar-refractivity contribution in [2.75, 3.05) is 21.7 Å². The van der Waals surface area contributed by atoms with E-state index in [0.717, 1.165) is 22.8 Å². The Kier molecular flexibility index (Phi) is 5.19. The molecule has 160 valence electrons. The fourth-order valence-corrected chi connectivity index (χ4v) is 4.36. The highest BCUT2D eigenvalue weighted by Gasteiger charge is 2.38. The van der Waals surface area contributed by atoms with Gasteiger partial charge in [-0.3, -0.25) is 9.59 Å². The van der Waals surface area contributed by atoms with Gasteiger partial charge in [-0.25, -0.2) is 4.39 Å². The van der Waals surface area contributed by atoms with Crippen molar-refractivity contribution < 1.29 is 14.0 Å². The lowest BCUT2D eigenvalue weighted by atomic mass is 10.00. The zero-order valence-electron chi connectivity index (χ0n) is 17.4. The molecule has 0 fully saturated rings. The minimum absolute atomic E-state index is 0.0502. The normalized spacial score (nSPS) is 15.0. The Balaban J connectivity index is 1.52. The molecule has 0 aromatic heterocycles. The van der Waals surface area contributed by atoms with Crippen LogP contribution in [-0.4, -0.2) is 18.2 Å². The molecule has 6 heteroatoms. The van der Waals surface area contributed by atoms with Crippen LogP contribution in [0.5, 0.6) is 0 Å².